The van der Waals surface area contributed by atoms with E-state index in [1.165, 1.54) is 0 Å². The molecule has 0 saturated heterocycles. The van der Waals surface area contributed by atoms with Gasteiger partial charge < -0.3 is 9.52 Å². The standard InChI is InChI=1S/C8H10N4O2S/c1-5-2-9-7(14-5)3-12-6(4-13)10-11-8(12)15/h2,13H,3-4H2,1H3,(H,11,15). The third kappa shape index (κ3) is 1.97. The number of hydrogen-bond acceptors (Lipinski definition) is 5. The smallest absolute Gasteiger partial charge is 0.214 e. The molecule has 0 spiro atoms. The summed E-state index contributed by atoms with van der Waals surface area (Å²) in [6.07, 6.45) is 1.64. The van der Waals surface area contributed by atoms with Gasteiger partial charge in [-0.1, -0.05) is 0 Å². The fourth-order valence-corrected chi connectivity index (χ4v) is 1.46. The first-order chi connectivity index (χ1) is 7.20. The number of hydrogen-bond donors (Lipinski definition) is 2. The highest BCUT2D eigenvalue weighted by atomic mass is 32.1. The molecule has 0 amide bonds. The lowest BCUT2D eigenvalue weighted by atomic mass is 10.5. The van der Waals surface area contributed by atoms with E-state index in [0.717, 1.165) is 5.76 Å². The van der Waals surface area contributed by atoms with Gasteiger partial charge in [-0.25, -0.2) is 4.98 Å². The Morgan fingerprint density at radius 2 is 2.47 bits per heavy atom. The number of nitrogens with one attached hydrogen (secondary N) is 1. The molecule has 7 heteroatoms. The molecule has 2 N–H and O–H groups in total. The quantitative estimate of drug-likeness (QED) is 0.756. The highest BCUT2D eigenvalue weighted by Crippen LogP contribution is 2.06. The summed E-state index contributed by atoms with van der Waals surface area (Å²) in [5.41, 5.74) is 0. The normalized spacial score (nSPS) is 10.8. The van der Waals surface area contributed by atoms with Gasteiger partial charge in [0, 0.05) is 0 Å². The fraction of sp³-hybridized carbons (Fsp3) is 0.375. The van der Waals surface area contributed by atoms with Crippen LogP contribution in [0.5, 0.6) is 0 Å². The third-order valence-corrected chi connectivity index (χ3v) is 2.25. The van der Waals surface area contributed by atoms with Gasteiger partial charge in [-0.2, -0.15) is 5.10 Å². The van der Waals surface area contributed by atoms with Gasteiger partial charge in [0.25, 0.3) is 0 Å². The van der Waals surface area contributed by atoms with E-state index < -0.39 is 0 Å². The Morgan fingerprint density at radius 1 is 1.67 bits per heavy atom. The van der Waals surface area contributed by atoms with Gasteiger partial charge in [-0.05, 0) is 19.1 Å². The Labute approximate surface area is 90.6 Å². The van der Waals surface area contributed by atoms with Gasteiger partial charge in [-0.3, -0.25) is 9.67 Å². The van der Waals surface area contributed by atoms with Crippen molar-refractivity contribution in [3.8, 4) is 0 Å². The van der Waals surface area contributed by atoms with Crippen LogP contribution in [0.4, 0.5) is 0 Å². The van der Waals surface area contributed by atoms with Crippen molar-refractivity contribution in [1.82, 2.24) is 19.7 Å². The average molecular weight is 226 g/mol. The maximum atomic E-state index is 9.01. The summed E-state index contributed by atoms with van der Waals surface area (Å²) >= 11 is 5.01. The number of nitrogens with zero attached hydrogens (tertiary/aromatic N) is 3. The van der Waals surface area contributed by atoms with Gasteiger partial charge in [0.05, 0.1) is 6.20 Å². The van der Waals surface area contributed by atoms with Crippen LogP contribution in [0.15, 0.2) is 10.6 Å². The number of aliphatic hydroxyl groups excluding tert-OH is 1. The molecule has 0 aliphatic carbocycles. The van der Waals surface area contributed by atoms with Crippen LogP contribution in [0, 0.1) is 11.7 Å². The lowest BCUT2D eigenvalue weighted by Gasteiger charge is -2.00. The summed E-state index contributed by atoms with van der Waals surface area (Å²) in [5.74, 6) is 1.75. The van der Waals surface area contributed by atoms with Gasteiger partial charge in [0.2, 0.25) is 5.89 Å². The third-order valence-electron chi connectivity index (χ3n) is 1.94. The van der Waals surface area contributed by atoms with E-state index in [2.05, 4.69) is 15.2 Å². The molecule has 0 saturated carbocycles. The maximum absolute atomic E-state index is 9.01. The van der Waals surface area contributed by atoms with E-state index in [-0.39, 0.29) is 6.61 Å². The highest BCUT2D eigenvalue weighted by Gasteiger charge is 2.08. The van der Waals surface area contributed by atoms with Crippen molar-refractivity contribution < 1.29 is 9.52 Å². The molecule has 0 aliphatic rings. The van der Waals surface area contributed by atoms with Crippen LogP contribution in [-0.2, 0) is 13.2 Å². The number of aliphatic hydroxyl groups is 1. The van der Waals surface area contributed by atoms with Crippen molar-refractivity contribution >= 4 is 12.2 Å². The zero-order valence-corrected chi connectivity index (χ0v) is 8.91. The maximum Gasteiger partial charge on any atom is 0.214 e. The molecule has 0 aromatic carbocycles. The molecule has 80 valence electrons. The Morgan fingerprint density at radius 3 is 3.07 bits per heavy atom. The van der Waals surface area contributed by atoms with Crippen molar-refractivity contribution in [2.75, 3.05) is 0 Å². The van der Waals surface area contributed by atoms with Crippen molar-refractivity contribution in [3.05, 3.63) is 28.4 Å². The van der Waals surface area contributed by atoms with E-state index >= 15 is 0 Å². The zero-order chi connectivity index (χ0) is 10.8. The molecular weight excluding hydrogens is 216 g/mol. The summed E-state index contributed by atoms with van der Waals surface area (Å²) < 4.78 is 7.39. The largest absolute Gasteiger partial charge is 0.444 e. The van der Waals surface area contributed by atoms with Crippen LogP contribution in [0.1, 0.15) is 17.5 Å². The van der Waals surface area contributed by atoms with Gasteiger partial charge in [-0.15, -0.1) is 0 Å². The number of H-pyrrole nitrogens is 1. The summed E-state index contributed by atoms with van der Waals surface area (Å²) in [6.45, 7) is 2.02. The van der Waals surface area contributed by atoms with Crippen molar-refractivity contribution in [2.45, 2.75) is 20.1 Å². The highest BCUT2D eigenvalue weighted by molar-refractivity contribution is 7.71. The molecule has 2 aromatic rings. The fourth-order valence-electron chi connectivity index (χ4n) is 1.24. The molecule has 0 atom stereocenters. The second kappa shape index (κ2) is 3.95. The summed E-state index contributed by atoms with van der Waals surface area (Å²) in [5, 5.41) is 15.5. The molecule has 0 radical (unpaired) electrons. The summed E-state index contributed by atoms with van der Waals surface area (Å²) in [4.78, 5) is 4.05. The summed E-state index contributed by atoms with van der Waals surface area (Å²) in [6, 6.07) is 0. The predicted molar refractivity (Wildman–Crippen MR) is 53.7 cm³/mol. The van der Waals surface area contributed by atoms with Gasteiger partial charge in [0.1, 0.15) is 18.9 Å². The molecule has 0 unspecified atom stereocenters. The molecule has 6 nitrogen and oxygen atoms in total. The van der Waals surface area contributed by atoms with Gasteiger partial charge >= 0.3 is 0 Å². The van der Waals surface area contributed by atoms with Crippen LogP contribution >= 0.6 is 12.2 Å². The second-order valence-corrected chi connectivity index (χ2v) is 3.44. The van der Waals surface area contributed by atoms with E-state index in [1.807, 2.05) is 6.92 Å². The number of aromatic nitrogens is 4. The topological polar surface area (TPSA) is 79.9 Å². The first kappa shape index (κ1) is 10.1. The minimum atomic E-state index is -0.174. The predicted octanol–water partition coefficient (Wildman–Crippen LogP) is 0.778. The summed E-state index contributed by atoms with van der Waals surface area (Å²) in [7, 11) is 0. The van der Waals surface area contributed by atoms with Gasteiger partial charge in [0.15, 0.2) is 10.6 Å². The van der Waals surface area contributed by atoms with E-state index in [4.69, 9.17) is 21.7 Å². The first-order valence-electron chi connectivity index (χ1n) is 4.37. The number of oxazole rings is 1. The Bertz CT molecular complexity index is 513. The van der Waals surface area contributed by atoms with Crippen LogP contribution < -0.4 is 0 Å². The molecule has 15 heavy (non-hydrogen) atoms. The van der Waals surface area contributed by atoms with E-state index in [0.29, 0.717) is 23.0 Å². The van der Waals surface area contributed by atoms with Crippen LogP contribution in [0.3, 0.4) is 0 Å². The Balaban J connectivity index is 2.31. The Hall–Kier alpha value is -1.47. The second-order valence-electron chi connectivity index (χ2n) is 3.05. The minimum absolute atomic E-state index is 0.174. The molecule has 0 fully saturated rings. The van der Waals surface area contributed by atoms with Crippen molar-refractivity contribution in [1.29, 1.82) is 0 Å². The van der Waals surface area contributed by atoms with E-state index in [1.54, 1.807) is 10.8 Å². The average Bonchev–Trinajstić information content (AvgIpc) is 2.76. The molecule has 2 rings (SSSR count). The van der Waals surface area contributed by atoms with Crippen LogP contribution in [-0.4, -0.2) is 24.9 Å². The SMILES string of the molecule is Cc1cnc(Cn2c(CO)n[nH]c2=S)o1. The minimum Gasteiger partial charge on any atom is -0.444 e. The molecule has 0 aliphatic heterocycles. The molecule has 2 heterocycles. The number of aryl methyl sites for hydroxylation is 1. The van der Waals surface area contributed by atoms with Crippen molar-refractivity contribution in [3.63, 3.8) is 0 Å². The van der Waals surface area contributed by atoms with Crippen molar-refractivity contribution in [2.24, 2.45) is 0 Å². The molecule has 0 bridgehead atoms. The lowest BCUT2D eigenvalue weighted by Crippen LogP contribution is -2.05. The van der Waals surface area contributed by atoms with E-state index in [9.17, 15) is 0 Å². The van der Waals surface area contributed by atoms with Crippen LogP contribution in [0.25, 0.3) is 0 Å². The lowest BCUT2D eigenvalue weighted by molar-refractivity contribution is 0.264. The number of rotatable bonds is 3. The molecular formula is C8H10N4O2S. The zero-order valence-electron chi connectivity index (χ0n) is 8.10. The monoisotopic (exact) mass is 226 g/mol. The number of aromatic amines is 1. The molecule has 2 aromatic heterocycles. The Kier molecular flexibility index (Phi) is 2.65. The van der Waals surface area contributed by atoms with Crippen LogP contribution in [0.2, 0.25) is 0 Å². The first-order valence-corrected chi connectivity index (χ1v) is 4.78.